The number of carbonyl (C=O) groups excluding carboxylic acids is 4. The molecule has 266 valence electrons. The lowest BCUT2D eigenvalue weighted by molar-refractivity contribution is -0.138. The molecule has 0 N–H and O–H groups in total. The van der Waals surface area contributed by atoms with Crippen LogP contribution in [0.2, 0.25) is 0 Å². The Morgan fingerprint density at radius 2 is 1.12 bits per heavy atom. The maximum Gasteiger partial charge on any atom is 0.198 e. The maximum atomic E-state index is 14.6. The van der Waals surface area contributed by atoms with E-state index in [1.54, 1.807) is 26.0 Å². The van der Waals surface area contributed by atoms with Gasteiger partial charge >= 0.3 is 0 Å². The number of ketones is 4. The van der Waals surface area contributed by atoms with Crippen molar-refractivity contribution < 1.29 is 19.2 Å². The van der Waals surface area contributed by atoms with Crippen molar-refractivity contribution in [3.05, 3.63) is 103 Å². The normalized spacial score (nSPS) is 19.1. The first kappa shape index (κ1) is 38.6. The van der Waals surface area contributed by atoms with E-state index < -0.39 is 45.3 Å². The monoisotopic (exact) mass is 732 g/mol. The number of hydrogen-bond acceptors (Lipinski definition) is 6. The molecule has 0 heterocycles. The number of Topliss-reactive ketones (excluding diaryl/α,β-unsaturated/α-hetero) is 4. The fourth-order valence-corrected chi connectivity index (χ4v) is 8.17. The predicted octanol–water partition coefficient (Wildman–Crippen LogP) is 10.6. The third kappa shape index (κ3) is 5.97. The van der Waals surface area contributed by atoms with Crippen LogP contribution in [-0.2, 0) is 22.4 Å². The highest BCUT2D eigenvalue weighted by Crippen LogP contribution is 2.55. The van der Waals surface area contributed by atoms with Gasteiger partial charge in [-0.05, 0) is 93.5 Å². The zero-order valence-corrected chi connectivity index (χ0v) is 32.4. The molecule has 6 nitrogen and oxygen atoms in total. The molecule has 0 saturated carbocycles. The second-order valence-corrected chi connectivity index (χ2v) is 15.4. The highest BCUT2D eigenvalue weighted by Gasteiger charge is 2.66. The zero-order valence-electron chi connectivity index (χ0n) is 30.9. The lowest BCUT2D eigenvalue weighted by atomic mass is 9.53. The number of nitrogens with zero attached hydrogens (tertiary/aromatic N) is 2. The Bertz CT molecular complexity index is 2230. The quantitative estimate of drug-likeness (QED) is 0.150. The third-order valence-electron chi connectivity index (χ3n) is 10.8. The first-order valence-corrected chi connectivity index (χ1v) is 18.5. The number of allylic oxidation sites excluding steroid dienone is 2. The highest BCUT2D eigenvalue weighted by atomic mass is 35.5. The molecule has 5 aliphatic carbocycles. The maximum absolute atomic E-state index is 14.6. The molecule has 0 aromatic heterocycles. The summed E-state index contributed by atoms with van der Waals surface area (Å²) in [5.41, 5.74) is 3.35. The molecule has 0 fully saturated rings. The van der Waals surface area contributed by atoms with E-state index in [0.29, 0.717) is 38.9 Å². The average Bonchev–Trinajstić information content (AvgIpc) is 3.49. The number of fused-ring (bicyclic) bond motifs is 2. The molecule has 0 bridgehead atoms. The average molecular weight is 734 g/mol. The Morgan fingerprint density at radius 3 is 1.60 bits per heavy atom. The van der Waals surface area contributed by atoms with Crippen molar-refractivity contribution in [1.29, 1.82) is 10.5 Å². The van der Waals surface area contributed by atoms with Crippen LogP contribution in [0.1, 0.15) is 120 Å². The molecule has 5 rings (SSSR count). The molecular weight excluding hydrogens is 691 g/mol. The van der Waals surface area contributed by atoms with Gasteiger partial charge in [-0.15, -0.1) is 0 Å². The van der Waals surface area contributed by atoms with Crippen LogP contribution in [-0.4, -0.2) is 23.1 Å². The summed E-state index contributed by atoms with van der Waals surface area (Å²) in [4.78, 5) is 56.1. The van der Waals surface area contributed by atoms with Crippen LogP contribution in [0.4, 0.5) is 0 Å². The second-order valence-electron chi connectivity index (χ2n) is 14.6. The number of nitriles is 2. The van der Waals surface area contributed by atoms with Crippen LogP contribution in [0.5, 0.6) is 0 Å². The smallest absolute Gasteiger partial charge is 0.198 e. The molecule has 5 aliphatic rings. The van der Waals surface area contributed by atoms with Crippen LogP contribution in [0.15, 0.2) is 58.6 Å². The molecule has 0 spiro atoms. The van der Waals surface area contributed by atoms with Gasteiger partial charge in [0.25, 0.3) is 0 Å². The molecule has 8 heteroatoms. The summed E-state index contributed by atoms with van der Waals surface area (Å²) < 4.78 is 0. The minimum absolute atomic E-state index is 0.102. The Balaban J connectivity index is 1.87. The van der Waals surface area contributed by atoms with E-state index in [1.807, 2.05) is 77.9 Å². The molecule has 0 unspecified atom stereocenters. The Hall–Kier alpha value is -4.62. The van der Waals surface area contributed by atoms with Crippen molar-refractivity contribution in [2.75, 3.05) is 0 Å². The summed E-state index contributed by atoms with van der Waals surface area (Å²) in [5.74, 6) is -1.92. The van der Waals surface area contributed by atoms with Crippen LogP contribution in [0.3, 0.4) is 0 Å². The van der Waals surface area contributed by atoms with E-state index in [1.165, 1.54) is 0 Å². The van der Waals surface area contributed by atoms with Gasteiger partial charge in [-0.1, -0.05) is 101 Å². The SMILES string of the molecule is CCC(=O)c1cc(C[C@@]2(C#N)C(=O)C(Cl)=C(Cl)C(=O)[C@]2(C#N)Cc2ccc(C(C)C)cc3c(C)cc(C(=O)CC)c2-3)c2cc(C(C)C)ccc(C)c1-2. The highest BCUT2D eigenvalue weighted by molar-refractivity contribution is 6.57. The van der Waals surface area contributed by atoms with E-state index in [9.17, 15) is 29.7 Å². The fraction of sp³-hybridized carbons (Fsp3) is 0.364. The zero-order chi connectivity index (χ0) is 38.4. The van der Waals surface area contributed by atoms with Crippen LogP contribution in [0.25, 0.3) is 22.3 Å². The Morgan fingerprint density at radius 1 is 0.654 bits per heavy atom. The Labute approximate surface area is 316 Å². The van der Waals surface area contributed by atoms with Crippen molar-refractivity contribution in [3.8, 4) is 34.4 Å². The van der Waals surface area contributed by atoms with E-state index in [-0.39, 0.29) is 36.2 Å². The summed E-state index contributed by atoms with van der Waals surface area (Å²) in [6.07, 6.45) is -0.352. The number of rotatable bonds is 10. The van der Waals surface area contributed by atoms with Crippen molar-refractivity contribution in [2.24, 2.45) is 10.8 Å². The third-order valence-corrected chi connectivity index (χ3v) is 11.7. The molecule has 0 aromatic rings. The van der Waals surface area contributed by atoms with E-state index >= 15 is 0 Å². The van der Waals surface area contributed by atoms with Gasteiger partial charge in [-0.25, -0.2) is 0 Å². The number of aryl methyl sites for hydroxylation is 2. The molecular formula is C44H42Cl2N2O4. The van der Waals surface area contributed by atoms with Crippen molar-refractivity contribution in [2.45, 2.75) is 92.9 Å². The van der Waals surface area contributed by atoms with Gasteiger partial charge < -0.3 is 0 Å². The van der Waals surface area contributed by atoms with Gasteiger partial charge in [0.15, 0.2) is 34.0 Å². The van der Waals surface area contributed by atoms with Crippen LogP contribution in [0, 0.1) is 47.3 Å². The van der Waals surface area contributed by atoms with Gasteiger partial charge in [-0.2, -0.15) is 10.5 Å². The summed E-state index contributed by atoms with van der Waals surface area (Å²) in [5, 5.41) is 21.3. The van der Waals surface area contributed by atoms with E-state index in [4.69, 9.17) is 23.2 Å². The lowest BCUT2D eigenvalue weighted by Crippen LogP contribution is -2.57. The van der Waals surface area contributed by atoms with Crippen molar-refractivity contribution in [3.63, 3.8) is 0 Å². The van der Waals surface area contributed by atoms with Crippen LogP contribution >= 0.6 is 23.2 Å². The predicted molar refractivity (Wildman–Crippen MR) is 205 cm³/mol. The number of halogens is 2. The van der Waals surface area contributed by atoms with Gasteiger partial charge in [0.1, 0.15) is 10.1 Å². The fourth-order valence-electron chi connectivity index (χ4n) is 7.67. The summed E-state index contributed by atoms with van der Waals surface area (Å²) >= 11 is 13.0. The first-order valence-electron chi connectivity index (χ1n) is 17.7. The molecule has 0 aromatic carbocycles. The summed E-state index contributed by atoms with van der Waals surface area (Å²) in [6.45, 7) is 15.5. The standard InChI is InChI=1S/C44H42Cl2N2O4/c1-9-35(49)33-15-26(8)31-16-28(24(5)6)13-14-29(38(31)33)19-43(21-47)41(51)39(45)40(46)42(52)44(43,22-48)20-30-18-34(36(50)10-2)37-25(7)11-12-27(23(3)4)17-32(30)37/h11-18,23-24H,9-10,19-20H2,1-8H3/t43-,44-/m1/s1. The molecule has 2 atom stereocenters. The molecule has 0 radical (unpaired) electrons. The molecule has 52 heavy (non-hydrogen) atoms. The van der Waals surface area contributed by atoms with Crippen molar-refractivity contribution in [1.82, 2.24) is 0 Å². The lowest BCUT2D eigenvalue weighted by Gasteiger charge is -2.42. The molecule has 0 saturated heterocycles. The van der Waals surface area contributed by atoms with E-state index in [0.717, 1.165) is 27.8 Å². The number of hydrogen-bond donors (Lipinski definition) is 0. The van der Waals surface area contributed by atoms with Gasteiger partial charge in [0.05, 0.1) is 12.1 Å². The molecule has 0 amide bonds. The minimum atomic E-state index is -2.36. The van der Waals surface area contributed by atoms with Crippen molar-refractivity contribution >= 4 is 46.3 Å². The largest absolute Gasteiger partial charge is 0.294 e. The van der Waals surface area contributed by atoms with Gasteiger partial charge in [0.2, 0.25) is 0 Å². The van der Waals surface area contributed by atoms with E-state index in [2.05, 4.69) is 12.1 Å². The van der Waals surface area contributed by atoms with Crippen LogP contribution < -0.4 is 0 Å². The second kappa shape index (κ2) is 14.4. The topological polar surface area (TPSA) is 116 Å². The number of carbonyl (C=O) groups is 4. The first-order chi connectivity index (χ1) is 24.5. The summed E-state index contributed by atoms with van der Waals surface area (Å²) in [7, 11) is 0. The van der Waals surface area contributed by atoms with Gasteiger partial charge in [0, 0.05) is 36.8 Å². The van der Waals surface area contributed by atoms with Gasteiger partial charge in [-0.3, -0.25) is 19.2 Å². The summed E-state index contributed by atoms with van der Waals surface area (Å²) in [6, 6.07) is 19.4. The minimum Gasteiger partial charge on any atom is -0.294 e. The Kier molecular flexibility index (Phi) is 10.7. The molecule has 0 aliphatic heterocycles.